The molecule has 2 rings (SSSR count). The maximum Gasteiger partial charge on any atom is 0.276 e. The predicted octanol–water partition coefficient (Wildman–Crippen LogP) is 0.552. The van der Waals surface area contributed by atoms with Crippen LogP contribution in [0.25, 0.3) is 0 Å². The van der Waals surface area contributed by atoms with E-state index in [0.717, 1.165) is 5.56 Å². The molecule has 6 nitrogen and oxygen atoms in total. The molecule has 6 heteroatoms. The first-order valence-electron chi connectivity index (χ1n) is 7.28. The Labute approximate surface area is 129 Å². The van der Waals surface area contributed by atoms with Crippen molar-refractivity contribution in [2.24, 2.45) is 5.92 Å². The second kappa shape index (κ2) is 6.06. The molecule has 2 atom stereocenters. The average molecular weight is 306 g/mol. The van der Waals surface area contributed by atoms with Crippen molar-refractivity contribution in [2.75, 3.05) is 7.11 Å². The Morgan fingerprint density at radius 2 is 1.77 bits per heavy atom. The molecule has 0 radical (unpaired) electrons. The SMILES string of the molecule is CO[C@]1(CC(C)C)NC(=O)[C@@](O)(Cc2ccccc2)NC1=O. The van der Waals surface area contributed by atoms with Gasteiger partial charge < -0.3 is 20.5 Å². The van der Waals surface area contributed by atoms with Crippen molar-refractivity contribution in [1.29, 1.82) is 0 Å². The summed E-state index contributed by atoms with van der Waals surface area (Å²) in [6, 6.07) is 9.01. The zero-order chi connectivity index (χ0) is 16.4. The number of carbonyl (C=O) groups excluding carboxylic acids is 2. The van der Waals surface area contributed by atoms with Crippen LogP contribution in [0, 0.1) is 5.92 Å². The van der Waals surface area contributed by atoms with E-state index in [4.69, 9.17) is 4.74 Å². The van der Waals surface area contributed by atoms with Gasteiger partial charge in [-0.2, -0.15) is 0 Å². The Hall–Kier alpha value is -1.92. The lowest BCUT2D eigenvalue weighted by atomic mass is 9.92. The number of rotatable bonds is 5. The third-order valence-corrected chi connectivity index (χ3v) is 3.73. The molecule has 22 heavy (non-hydrogen) atoms. The van der Waals surface area contributed by atoms with E-state index < -0.39 is 23.3 Å². The van der Waals surface area contributed by atoms with Crippen molar-refractivity contribution in [2.45, 2.75) is 38.1 Å². The molecular formula is C16H22N2O4. The van der Waals surface area contributed by atoms with Crippen molar-refractivity contribution in [1.82, 2.24) is 10.6 Å². The molecule has 1 aromatic rings. The molecule has 1 aliphatic heterocycles. The van der Waals surface area contributed by atoms with Gasteiger partial charge in [0.05, 0.1) is 0 Å². The fourth-order valence-corrected chi connectivity index (χ4v) is 2.65. The standard InChI is InChI=1S/C16H22N2O4/c1-11(2)9-16(22-3)14(20)17-15(21,13(19)18-16)10-12-7-5-4-6-8-12/h4-8,11,21H,9-10H2,1-3H3,(H,17,20)(H,18,19)/t15-,16-/m0/s1. The normalized spacial score (nSPS) is 28.4. The lowest BCUT2D eigenvalue weighted by Crippen LogP contribution is -2.76. The summed E-state index contributed by atoms with van der Waals surface area (Å²) >= 11 is 0. The van der Waals surface area contributed by atoms with Crippen LogP contribution in [0.2, 0.25) is 0 Å². The lowest BCUT2D eigenvalue weighted by Gasteiger charge is -2.43. The molecule has 1 fully saturated rings. The van der Waals surface area contributed by atoms with E-state index in [2.05, 4.69) is 10.6 Å². The average Bonchev–Trinajstić information content (AvgIpc) is 2.45. The van der Waals surface area contributed by atoms with Gasteiger partial charge in [0.1, 0.15) is 0 Å². The van der Waals surface area contributed by atoms with Gasteiger partial charge in [-0.25, -0.2) is 0 Å². The van der Waals surface area contributed by atoms with Crippen molar-refractivity contribution in [3.63, 3.8) is 0 Å². The molecule has 0 aromatic heterocycles. The number of aliphatic hydroxyl groups is 1. The number of ether oxygens (including phenoxy) is 1. The van der Waals surface area contributed by atoms with E-state index in [1.165, 1.54) is 7.11 Å². The molecular weight excluding hydrogens is 284 g/mol. The molecule has 1 aliphatic rings. The number of hydrogen-bond acceptors (Lipinski definition) is 4. The Balaban J connectivity index is 2.22. The second-order valence-electron chi connectivity index (χ2n) is 6.06. The number of piperazine rings is 1. The molecule has 0 bridgehead atoms. The van der Waals surface area contributed by atoms with E-state index in [9.17, 15) is 14.7 Å². The number of benzene rings is 1. The van der Waals surface area contributed by atoms with Gasteiger partial charge in [0.15, 0.2) is 0 Å². The smallest absolute Gasteiger partial charge is 0.276 e. The van der Waals surface area contributed by atoms with Crippen molar-refractivity contribution in [3.8, 4) is 0 Å². The van der Waals surface area contributed by atoms with E-state index in [0.29, 0.717) is 6.42 Å². The highest BCUT2D eigenvalue weighted by molar-refractivity contribution is 6.00. The minimum atomic E-state index is -1.97. The van der Waals surface area contributed by atoms with Gasteiger partial charge in [0.25, 0.3) is 11.8 Å². The lowest BCUT2D eigenvalue weighted by molar-refractivity contribution is -0.182. The second-order valence-corrected chi connectivity index (χ2v) is 6.06. The fraction of sp³-hybridized carbons (Fsp3) is 0.500. The van der Waals surface area contributed by atoms with E-state index in [1.54, 1.807) is 24.3 Å². The zero-order valence-electron chi connectivity index (χ0n) is 13.1. The minimum absolute atomic E-state index is 0.00706. The fourth-order valence-electron chi connectivity index (χ4n) is 2.65. The maximum atomic E-state index is 12.4. The molecule has 0 unspecified atom stereocenters. The van der Waals surface area contributed by atoms with Crippen LogP contribution < -0.4 is 10.6 Å². The molecule has 0 aliphatic carbocycles. The van der Waals surface area contributed by atoms with Crippen molar-refractivity contribution < 1.29 is 19.4 Å². The van der Waals surface area contributed by atoms with Gasteiger partial charge in [0, 0.05) is 20.0 Å². The highest BCUT2D eigenvalue weighted by atomic mass is 16.5. The molecule has 1 heterocycles. The number of amides is 2. The van der Waals surface area contributed by atoms with Crippen LogP contribution >= 0.6 is 0 Å². The minimum Gasteiger partial charge on any atom is -0.363 e. The largest absolute Gasteiger partial charge is 0.363 e. The van der Waals surface area contributed by atoms with Crippen LogP contribution in [0.3, 0.4) is 0 Å². The third-order valence-electron chi connectivity index (χ3n) is 3.73. The predicted molar refractivity (Wildman–Crippen MR) is 80.6 cm³/mol. The summed E-state index contributed by atoms with van der Waals surface area (Å²) in [6.45, 7) is 3.84. The zero-order valence-corrected chi connectivity index (χ0v) is 13.1. The molecule has 2 amide bonds. The van der Waals surface area contributed by atoms with Gasteiger partial charge in [-0.1, -0.05) is 44.2 Å². The topological polar surface area (TPSA) is 87.7 Å². The molecule has 1 saturated heterocycles. The van der Waals surface area contributed by atoms with Gasteiger partial charge in [-0.05, 0) is 11.5 Å². The van der Waals surface area contributed by atoms with Crippen LogP contribution in [0.4, 0.5) is 0 Å². The maximum absolute atomic E-state index is 12.4. The first-order valence-corrected chi connectivity index (χ1v) is 7.28. The number of carbonyl (C=O) groups is 2. The van der Waals surface area contributed by atoms with E-state index in [-0.39, 0.29) is 12.3 Å². The third kappa shape index (κ3) is 3.13. The Morgan fingerprint density at radius 1 is 1.14 bits per heavy atom. The van der Waals surface area contributed by atoms with Gasteiger partial charge in [-0.15, -0.1) is 0 Å². The summed E-state index contributed by atoms with van der Waals surface area (Å²) in [4.78, 5) is 24.8. The first kappa shape index (κ1) is 16.5. The molecule has 0 saturated carbocycles. The van der Waals surface area contributed by atoms with Crippen LogP contribution in [-0.2, 0) is 20.7 Å². The summed E-state index contributed by atoms with van der Waals surface area (Å²) in [5, 5.41) is 15.5. The van der Waals surface area contributed by atoms with Gasteiger partial charge in [-0.3, -0.25) is 9.59 Å². The number of nitrogens with one attached hydrogen (secondary N) is 2. The Kier molecular flexibility index (Phi) is 4.53. The first-order chi connectivity index (χ1) is 10.3. The van der Waals surface area contributed by atoms with E-state index in [1.807, 2.05) is 19.9 Å². The van der Waals surface area contributed by atoms with Crippen molar-refractivity contribution >= 4 is 11.8 Å². The van der Waals surface area contributed by atoms with Gasteiger partial charge >= 0.3 is 0 Å². The molecule has 1 aromatic carbocycles. The summed E-state index contributed by atoms with van der Waals surface area (Å²) in [7, 11) is 1.36. The Bertz CT molecular complexity index is 561. The summed E-state index contributed by atoms with van der Waals surface area (Å²) in [5.74, 6) is -1.08. The van der Waals surface area contributed by atoms with Gasteiger partial charge in [0.2, 0.25) is 11.4 Å². The Morgan fingerprint density at radius 3 is 2.32 bits per heavy atom. The summed E-state index contributed by atoms with van der Waals surface area (Å²) in [5.41, 5.74) is -2.67. The monoisotopic (exact) mass is 306 g/mol. The number of methoxy groups -OCH3 is 1. The molecule has 120 valence electrons. The van der Waals surface area contributed by atoms with Crippen LogP contribution in [0.15, 0.2) is 30.3 Å². The summed E-state index contributed by atoms with van der Waals surface area (Å²) < 4.78 is 5.26. The van der Waals surface area contributed by atoms with Crippen molar-refractivity contribution in [3.05, 3.63) is 35.9 Å². The van der Waals surface area contributed by atoms with Crippen LogP contribution in [-0.4, -0.2) is 35.5 Å². The van der Waals surface area contributed by atoms with Crippen LogP contribution in [0.1, 0.15) is 25.8 Å². The highest BCUT2D eigenvalue weighted by Gasteiger charge is 2.53. The van der Waals surface area contributed by atoms with E-state index >= 15 is 0 Å². The number of hydrogen-bond donors (Lipinski definition) is 3. The molecule has 0 spiro atoms. The highest BCUT2D eigenvalue weighted by Crippen LogP contribution is 2.25. The summed E-state index contributed by atoms with van der Waals surface area (Å²) in [6.07, 6.45) is 0.315. The van der Waals surface area contributed by atoms with Crippen LogP contribution in [0.5, 0.6) is 0 Å². The quantitative estimate of drug-likeness (QED) is 0.741. The molecule has 3 N–H and O–H groups in total.